The predicted octanol–water partition coefficient (Wildman–Crippen LogP) is 3.81. The maximum Gasteiger partial charge on any atom is 0.407 e. The molecular formula is C36H62N6O7. The van der Waals surface area contributed by atoms with Crippen molar-refractivity contribution in [2.75, 3.05) is 19.7 Å². The molecule has 1 aliphatic heterocycles. The molecule has 0 spiro atoms. The van der Waals surface area contributed by atoms with Gasteiger partial charge in [0.2, 0.25) is 17.6 Å². The van der Waals surface area contributed by atoms with Gasteiger partial charge < -0.3 is 36.2 Å². The van der Waals surface area contributed by atoms with Crippen LogP contribution in [0.2, 0.25) is 0 Å². The van der Waals surface area contributed by atoms with E-state index in [-0.39, 0.29) is 49.3 Å². The van der Waals surface area contributed by atoms with Crippen LogP contribution in [-0.2, 0) is 23.9 Å². The summed E-state index contributed by atoms with van der Waals surface area (Å²) in [6, 6.07) is -4.01. The first-order valence-corrected chi connectivity index (χ1v) is 18.1. The molecule has 0 aromatic carbocycles. The second-order valence-corrected chi connectivity index (χ2v) is 15.2. The zero-order chi connectivity index (χ0) is 36.9. The summed E-state index contributed by atoms with van der Waals surface area (Å²) >= 11 is 0. The van der Waals surface area contributed by atoms with Gasteiger partial charge in [-0.1, -0.05) is 73.3 Å². The molecule has 0 aromatic heterocycles. The molecule has 0 radical (unpaired) electrons. The minimum Gasteiger partial charge on any atom is -0.447 e. The van der Waals surface area contributed by atoms with Gasteiger partial charge in [0.05, 0.1) is 12.1 Å². The number of carbonyl (C=O) groups is 6. The lowest BCUT2D eigenvalue weighted by molar-refractivity contribution is -0.144. The highest BCUT2D eigenvalue weighted by Gasteiger charge is 2.47. The van der Waals surface area contributed by atoms with E-state index in [1.807, 2.05) is 55.4 Å². The van der Waals surface area contributed by atoms with E-state index in [4.69, 9.17) is 4.74 Å². The van der Waals surface area contributed by atoms with Crippen molar-refractivity contribution in [3.63, 3.8) is 0 Å². The van der Waals surface area contributed by atoms with Crippen LogP contribution in [0.4, 0.5) is 9.59 Å². The number of Topliss-reactive ketones (excluding diaryl/α,β-unsaturated/α-hetero) is 1. The summed E-state index contributed by atoms with van der Waals surface area (Å²) in [6.07, 6.45) is 6.69. The summed E-state index contributed by atoms with van der Waals surface area (Å²) in [5, 5.41) is 13.9. The van der Waals surface area contributed by atoms with Gasteiger partial charge in [0, 0.05) is 19.1 Å². The first kappa shape index (κ1) is 41.5. The number of hydrogen-bond donors (Lipinski definition) is 5. The number of nitrogens with one attached hydrogen (secondary N) is 5. The molecule has 0 aromatic rings. The molecule has 2 fully saturated rings. The standard InChI is InChI=1S/C36H62N6O7/c1-10-15-26(30(43)32(45)37-19-11-2)39-31(44)29-25(22(3)4)18-20-42(29)33(46)28(24-16-13-12-14-17-24)41-34(47)40-27(36(7,8)9)21-49-35(48)38-23(5)6/h11,22-29H,2,10,12-21H2,1,3-9H3,(H,37,45)(H,38,48)(H,39,44)(H2,40,41,47). The highest BCUT2D eigenvalue weighted by atomic mass is 16.5. The number of alkyl carbamates (subject to hydrolysis) is 1. The van der Waals surface area contributed by atoms with Crippen molar-refractivity contribution in [2.24, 2.45) is 23.2 Å². The Morgan fingerprint density at radius 2 is 1.57 bits per heavy atom. The Kier molecular flexibility index (Phi) is 16.5. The zero-order valence-electron chi connectivity index (χ0n) is 31.0. The van der Waals surface area contributed by atoms with E-state index in [0.717, 1.165) is 32.1 Å². The Morgan fingerprint density at radius 3 is 2.12 bits per heavy atom. The minimum absolute atomic E-state index is 0.0506. The number of ketones is 1. The van der Waals surface area contributed by atoms with E-state index >= 15 is 0 Å². The number of nitrogens with zero attached hydrogens (tertiary/aromatic N) is 1. The Labute approximate surface area is 292 Å². The summed E-state index contributed by atoms with van der Waals surface area (Å²) in [7, 11) is 0. The summed E-state index contributed by atoms with van der Waals surface area (Å²) in [4.78, 5) is 81.4. The summed E-state index contributed by atoms with van der Waals surface area (Å²) in [5.41, 5.74) is -0.475. The molecule has 13 heteroatoms. The van der Waals surface area contributed by atoms with Crippen molar-refractivity contribution in [1.82, 2.24) is 31.5 Å². The van der Waals surface area contributed by atoms with Gasteiger partial charge in [-0.15, -0.1) is 6.58 Å². The number of amides is 6. The summed E-state index contributed by atoms with van der Waals surface area (Å²) in [5.74, 6) is -2.63. The Morgan fingerprint density at radius 1 is 0.918 bits per heavy atom. The fraction of sp³-hybridized carbons (Fsp3) is 0.778. The molecule has 13 nitrogen and oxygen atoms in total. The Bertz CT molecular complexity index is 1160. The molecule has 0 bridgehead atoms. The number of rotatable bonds is 16. The zero-order valence-corrected chi connectivity index (χ0v) is 31.0. The minimum atomic E-state index is -1.04. The first-order chi connectivity index (χ1) is 23.0. The van der Waals surface area contributed by atoms with Crippen molar-refractivity contribution in [2.45, 2.75) is 137 Å². The van der Waals surface area contributed by atoms with Gasteiger partial charge in [-0.05, 0) is 62.7 Å². The van der Waals surface area contributed by atoms with E-state index in [1.165, 1.54) is 6.08 Å². The lowest BCUT2D eigenvalue weighted by Crippen LogP contribution is -2.61. The largest absolute Gasteiger partial charge is 0.447 e. The number of ether oxygens (including phenoxy) is 1. The summed E-state index contributed by atoms with van der Waals surface area (Å²) in [6.45, 7) is 19.2. The third kappa shape index (κ3) is 12.6. The second kappa shape index (κ2) is 19.5. The van der Waals surface area contributed by atoms with Crippen LogP contribution in [-0.4, -0.2) is 90.4 Å². The number of likely N-dealkylation sites (tertiary alicyclic amines) is 1. The highest BCUT2D eigenvalue weighted by molar-refractivity contribution is 6.38. The van der Waals surface area contributed by atoms with Gasteiger partial charge in [0.15, 0.2) is 0 Å². The van der Waals surface area contributed by atoms with Crippen molar-refractivity contribution < 1.29 is 33.5 Å². The molecular weight excluding hydrogens is 628 g/mol. The van der Waals surface area contributed by atoms with E-state index in [9.17, 15) is 28.8 Å². The van der Waals surface area contributed by atoms with E-state index in [1.54, 1.807) is 4.90 Å². The predicted molar refractivity (Wildman–Crippen MR) is 188 cm³/mol. The average molecular weight is 691 g/mol. The Balaban J connectivity index is 2.33. The lowest BCUT2D eigenvalue weighted by atomic mass is 9.82. The smallest absolute Gasteiger partial charge is 0.407 e. The van der Waals surface area contributed by atoms with Crippen molar-refractivity contribution in [3.8, 4) is 0 Å². The van der Waals surface area contributed by atoms with Gasteiger partial charge in [0.1, 0.15) is 18.7 Å². The van der Waals surface area contributed by atoms with E-state index in [0.29, 0.717) is 19.4 Å². The molecule has 2 aliphatic rings. The molecule has 1 saturated carbocycles. The normalized spacial score (nSPS) is 20.2. The van der Waals surface area contributed by atoms with Gasteiger partial charge in [0.25, 0.3) is 5.91 Å². The van der Waals surface area contributed by atoms with E-state index < -0.39 is 59.3 Å². The SMILES string of the molecule is C=CCNC(=O)C(=O)C(CCC)NC(=O)C1C(C(C)C)CCN1C(=O)C(NC(=O)NC(COC(=O)NC(C)C)C(C)(C)C)C1CCCCC1. The van der Waals surface area contributed by atoms with Gasteiger partial charge >= 0.3 is 12.1 Å². The topological polar surface area (TPSA) is 175 Å². The molecule has 278 valence electrons. The molecule has 2 rings (SSSR count). The summed E-state index contributed by atoms with van der Waals surface area (Å²) < 4.78 is 5.40. The van der Waals surface area contributed by atoms with Gasteiger partial charge in [-0.2, -0.15) is 0 Å². The number of carbonyl (C=O) groups excluding carboxylic acids is 6. The maximum atomic E-state index is 14.5. The monoisotopic (exact) mass is 690 g/mol. The van der Waals surface area contributed by atoms with E-state index in [2.05, 4.69) is 33.2 Å². The quantitative estimate of drug-likeness (QED) is 0.121. The van der Waals surface area contributed by atoms with Crippen LogP contribution in [0.25, 0.3) is 0 Å². The lowest BCUT2D eigenvalue weighted by Gasteiger charge is -2.37. The van der Waals surface area contributed by atoms with Crippen molar-refractivity contribution in [1.29, 1.82) is 0 Å². The van der Waals surface area contributed by atoms with Crippen molar-refractivity contribution in [3.05, 3.63) is 12.7 Å². The van der Waals surface area contributed by atoms with Crippen LogP contribution in [0.5, 0.6) is 0 Å². The molecule has 1 heterocycles. The fourth-order valence-electron chi connectivity index (χ4n) is 6.64. The Hall–Kier alpha value is -3.64. The molecule has 6 amide bonds. The maximum absolute atomic E-state index is 14.5. The molecule has 5 N–H and O–H groups in total. The highest BCUT2D eigenvalue weighted by Crippen LogP contribution is 2.34. The van der Waals surface area contributed by atoms with Gasteiger partial charge in [-0.3, -0.25) is 19.2 Å². The van der Waals surface area contributed by atoms with Crippen LogP contribution < -0.4 is 26.6 Å². The van der Waals surface area contributed by atoms with Crippen LogP contribution >= 0.6 is 0 Å². The first-order valence-electron chi connectivity index (χ1n) is 18.1. The van der Waals surface area contributed by atoms with Crippen LogP contribution in [0.15, 0.2) is 12.7 Å². The fourth-order valence-corrected chi connectivity index (χ4v) is 6.64. The van der Waals surface area contributed by atoms with Crippen LogP contribution in [0.3, 0.4) is 0 Å². The van der Waals surface area contributed by atoms with Gasteiger partial charge in [-0.25, -0.2) is 9.59 Å². The number of urea groups is 1. The molecule has 49 heavy (non-hydrogen) atoms. The second-order valence-electron chi connectivity index (χ2n) is 15.2. The molecule has 5 atom stereocenters. The third-order valence-electron chi connectivity index (χ3n) is 9.51. The number of hydrogen-bond acceptors (Lipinski definition) is 7. The molecule has 5 unspecified atom stereocenters. The molecule has 1 aliphatic carbocycles. The third-order valence-corrected chi connectivity index (χ3v) is 9.51. The molecule has 1 saturated heterocycles. The van der Waals surface area contributed by atoms with Crippen molar-refractivity contribution >= 4 is 35.6 Å². The van der Waals surface area contributed by atoms with Crippen LogP contribution in [0, 0.1) is 23.2 Å². The average Bonchev–Trinajstić information content (AvgIpc) is 3.49. The van der Waals surface area contributed by atoms with Crippen LogP contribution in [0.1, 0.15) is 107 Å².